The van der Waals surface area contributed by atoms with E-state index in [1.165, 1.54) is 12.1 Å². The maximum Gasteiger partial charge on any atom is 0.274 e. The first-order chi connectivity index (χ1) is 8.56. The predicted molar refractivity (Wildman–Crippen MR) is 71.0 cm³/mol. The Balaban J connectivity index is 2.21. The number of hydrogen-bond acceptors (Lipinski definition) is 2. The van der Waals surface area contributed by atoms with Crippen LogP contribution in [0.1, 0.15) is 16.1 Å². The van der Waals surface area contributed by atoms with E-state index >= 15 is 0 Å². The second-order valence-electron chi connectivity index (χ2n) is 3.78. The van der Waals surface area contributed by atoms with E-state index in [1.54, 1.807) is 31.2 Å². The molecule has 2 aromatic rings. The molecule has 0 aliphatic rings. The van der Waals surface area contributed by atoms with Crippen molar-refractivity contribution < 1.29 is 9.18 Å². The molecule has 0 spiro atoms. The molecule has 1 aromatic carbocycles. The average Bonchev–Trinajstić information content (AvgIpc) is 2.32. The monoisotopic (exact) mass is 308 g/mol. The fourth-order valence-electron chi connectivity index (χ4n) is 1.44. The van der Waals surface area contributed by atoms with Gasteiger partial charge in [-0.3, -0.25) is 4.79 Å². The number of halogens is 2. The minimum absolute atomic E-state index is 0.146. The van der Waals surface area contributed by atoms with Gasteiger partial charge in [0.25, 0.3) is 5.91 Å². The number of carbonyl (C=O) groups excluding carboxylic acids is 1. The molecule has 0 fully saturated rings. The van der Waals surface area contributed by atoms with Gasteiger partial charge in [0.1, 0.15) is 16.1 Å². The molecule has 0 saturated carbocycles. The fraction of sp³-hybridized carbons (Fsp3) is 0.0769. The average molecular weight is 309 g/mol. The Morgan fingerprint density at radius 2 is 2.11 bits per heavy atom. The van der Waals surface area contributed by atoms with Gasteiger partial charge in [-0.05, 0) is 52.7 Å². The van der Waals surface area contributed by atoms with Gasteiger partial charge in [-0.1, -0.05) is 12.1 Å². The zero-order valence-corrected chi connectivity index (χ0v) is 11.2. The molecule has 0 unspecified atom stereocenters. The Kier molecular flexibility index (Phi) is 3.72. The number of aromatic nitrogens is 1. The molecule has 0 aliphatic carbocycles. The highest BCUT2D eigenvalue weighted by molar-refractivity contribution is 9.10. The van der Waals surface area contributed by atoms with Crippen LogP contribution in [0.3, 0.4) is 0 Å². The molecule has 2 rings (SSSR count). The molecule has 1 aromatic heterocycles. The lowest BCUT2D eigenvalue weighted by Gasteiger charge is -2.06. The van der Waals surface area contributed by atoms with Crippen molar-refractivity contribution in [3.05, 3.63) is 58.1 Å². The van der Waals surface area contributed by atoms with Crippen molar-refractivity contribution in [2.45, 2.75) is 6.92 Å². The quantitative estimate of drug-likeness (QED) is 0.862. The summed E-state index contributed by atoms with van der Waals surface area (Å²) in [6.07, 6.45) is 0. The van der Waals surface area contributed by atoms with Crippen LogP contribution in [-0.4, -0.2) is 10.9 Å². The number of nitrogens with zero attached hydrogens (tertiary/aromatic N) is 1. The number of hydrogen-bond donors (Lipinski definition) is 1. The molecule has 1 heterocycles. The Morgan fingerprint density at radius 3 is 2.78 bits per heavy atom. The van der Waals surface area contributed by atoms with Crippen molar-refractivity contribution >= 4 is 27.5 Å². The van der Waals surface area contributed by atoms with Crippen LogP contribution in [0.4, 0.5) is 10.1 Å². The Morgan fingerprint density at radius 1 is 1.33 bits per heavy atom. The summed E-state index contributed by atoms with van der Waals surface area (Å²) < 4.78 is 14.1. The Hall–Kier alpha value is -1.75. The van der Waals surface area contributed by atoms with Gasteiger partial charge in [-0.15, -0.1) is 0 Å². The van der Waals surface area contributed by atoms with Crippen molar-refractivity contribution in [3.63, 3.8) is 0 Å². The summed E-state index contributed by atoms with van der Waals surface area (Å²) in [6, 6.07) is 9.59. The third kappa shape index (κ3) is 2.92. The largest absolute Gasteiger partial charge is 0.318 e. The molecule has 92 valence electrons. The van der Waals surface area contributed by atoms with E-state index in [2.05, 4.69) is 26.2 Å². The lowest BCUT2D eigenvalue weighted by Crippen LogP contribution is -2.14. The van der Waals surface area contributed by atoms with Gasteiger partial charge >= 0.3 is 0 Å². The number of aryl methyl sites for hydroxylation is 1. The predicted octanol–water partition coefficient (Wildman–Crippen LogP) is 3.54. The van der Waals surface area contributed by atoms with Crippen molar-refractivity contribution in [2.75, 3.05) is 5.32 Å². The first-order valence-corrected chi connectivity index (χ1v) is 6.05. The first kappa shape index (κ1) is 12.7. The minimum atomic E-state index is -0.460. The van der Waals surface area contributed by atoms with E-state index in [4.69, 9.17) is 0 Å². The van der Waals surface area contributed by atoms with Gasteiger partial charge in [0, 0.05) is 0 Å². The van der Waals surface area contributed by atoms with E-state index in [1.807, 2.05) is 0 Å². The smallest absolute Gasteiger partial charge is 0.274 e. The van der Waals surface area contributed by atoms with Gasteiger partial charge in [0.2, 0.25) is 0 Å². The lowest BCUT2D eigenvalue weighted by atomic mass is 10.2. The van der Waals surface area contributed by atoms with E-state index in [0.717, 1.165) is 5.56 Å². The summed E-state index contributed by atoms with van der Waals surface area (Å²) in [7, 11) is 0. The maximum absolute atomic E-state index is 13.6. The molecule has 0 bridgehead atoms. The molecule has 1 amide bonds. The number of anilines is 1. The number of benzene rings is 1. The standard InChI is InChI=1S/C13H10BrFN2O/c1-8-5-6-10(9(15)7-8)17-13(18)11-3-2-4-12(14)16-11/h2-7H,1H3,(H,17,18). The fourth-order valence-corrected chi connectivity index (χ4v) is 1.79. The minimum Gasteiger partial charge on any atom is -0.318 e. The van der Waals surface area contributed by atoms with Crippen LogP contribution in [0.15, 0.2) is 41.0 Å². The van der Waals surface area contributed by atoms with Gasteiger partial charge in [0.05, 0.1) is 5.69 Å². The van der Waals surface area contributed by atoms with Crippen LogP contribution in [0.5, 0.6) is 0 Å². The number of carbonyl (C=O) groups is 1. The molecule has 3 nitrogen and oxygen atoms in total. The van der Waals surface area contributed by atoms with E-state index < -0.39 is 11.7 Å². The van der Waals surface area contributed by atoms with Crippen molar-refractivity contribution in [2.24, 2.45) is 0 Å². The second-order valence-corrected chi connectivity index (χ2v) is 4.60. The summed E-state index contributed by atoms with van der Waals surface area (Å²) in [5.41, 5.74) is 1.17. The summed E-state index contributed by atoms with van der Waals surface area (Å²) in [4.78, 5) is 15.8. The summed E-state index contributed by atoms with van der Waals surface area (Å²) in [5.74, 6) is -0.905. The van der Waals surface area contributed by atoms with Gasteiger partial charge < -0.3 is 5.32 Å². The SMILES string of the molecule is Cc1ccc(NC(=O)c2cccc(Br)n2)c(F)c1. The summed E-state index contributed by atoms with van der Waals surface area (Å²) in [5, 5.41) is 2.48. The zero-order chi connectivity index (χ0) is 13.1. The normalized spacial score (nSPS) is 10.2. The van der Waals surface area contributed by atoms with Crippen LogP contribution in [0.2, 0.25) is 0 Å². The second kappa shape index (κ2) is 5.27. The topological polar surface area (TPSA) is 42.0 Å². The number of rotatable bonds is 2. The number of pyridine rings is 1. The summed E-state index contributed by atoms with van der Waals surface area (Å²) in [6.45, 7) is 1.78. The highest BCUT2D eigenvalue weighted by atomic mass is 79.9. The van der Waals surface area contributed by atoms with Crippen molar-refractivity contribution in [3.8, 4) is 0 Å². The molecular formula is C13H10BrFN2O. The van der Waals surface area contributed by atoms with Crippen LogP contribution in [-0.2, 0) is 0 Å². The molecule has 18 heavy (non-hydrogen) atoms. The highest BCUT2D eigenvalue weighted by Crippen LogP contribution is 2.16. The van der Waals surface area contributed by atoms with Crippen molar-refractivity contribution in [1.29, 1.82) is 0 Å². The molecule has 5 heteroatoms. The Bertz CT molecular complexity index is 601. The Labute approximate surface area is 112 Å². The van der Waals surface area contributed by atoms with E-state index in [0.29, 0.717) is 4.60 Å². The summed E-state index contributed by atoms with van der Waals surface area (Å²) >= 11 is 3.17. The van der Waals surface area contributed by atoms with E-state index in [9.17, 15) is 9.18 Å². The van der Waals surface area contributed by atoms with E-state index in [-0.39, 0.29) is 11.4 Å². The lowest BCUT2D eigenvalue weighted by molar-refractivity contribution is 0.102. The van der Waals surface area contributed by atoms with Crippen LogP contribution in [0, 0.1) is 12.7 Å². The maximum atomic E-state index is 13.6. The first-order valence-electron chi connectivity index (χ1n) is 5.26. The van der Waals surface area contributed by atoms with Gasteiger partial charge in [-0.25, -0.2) is 9.37 Å². The number of amides is 1. The highest BCUT2D eigenvalue weighted by Gasteiger charge is 2.10. The van der Waals surface area contributed by atoms with Crippen molar-refractivity contribution in [1.82, 2.24) is 4.98 Å². The molecule has 1 N–H and O–H groups in total. The third-order valence-corrected chi connectivity index (χ3v) is 2.76. The van der Waals surface area contributed by atoms with Crippen LogP contribution >= 0.6 is 15.9 Å². The van der Waals surface area contributed by atoms with Gasteiger partial charge in [-0.2, -0.15) is 0 Å². The van der Waals surface area contributed by atoms with Gasteiger partial charge in [0.15, 0.2) is 0 Å². The van der Waals surface area contributed by atoms with Crippen LogP contribution in [0.25, 0.3) is 0 Å². The molecule has 0 aliphatic heterocycles. The zero-order valence-electron chi connectivity index (χ0n) is 9.58. The third-order valence-electron chi connectivity index (χ3n) is 2.32. The number of nitrogens with one attached hydrogen (secondary N) is 1. The molecule has 0 saturated heterocycles. The molecule has 0 atom stereocenters. The molecular weight excluding hydrogens is 299 g/mol. The van der Waals surface area contributed by atoms with Crippen LogP contribution < -0.4 is 5.32 Å². The molecule has 0 radical (unpaired) electrons.